The van der Waals surface area contributed by atoms with E-state index in [-0.39, 0.29) is 31.4 Å². The van der Waals surface area contributed by atoms with E-state index in [4.69, 9.17) is 49.0 Å². The smallest absolute Gasteiger partial charge is 0.303 e. The number of carbonyl (C=O) groups is 1. The summed E-state index contributed by atoms with van der Waals surface area (Å²) in [5.74, 6) is 0.282. The standard InChI is InChI=1S/C24H30Cl3NO7S/c1-15(29)35-20(12-28-36(4,31)32)14-33-19-7-5-16(6-8-19)24(2,3)17-9-21(26)23(22(27)10-17)34-13-18(30)11-25/h5-10,18,20,28,30H,11-14H2,1-4H3/t18-,20-/m1/s1. The Morgan fingerprint density at radius 2 is 1.64 bits per heavy atom. The fourth-order valence-electron chi connectivity index (χ4n) is 3.22. The second-order valence-electron chi connectivity index (χ2n) is 8.70. The first kappa shape index (κ1) is 30.5. The zero-order valence-corrected chi connectivity index (χ0v) is 23.5. The van der Waals surface area contributed by atoms with Crippen LogP contribution in [0.2, 0.25) is 10.0 Å². The number of nitrogens with one attached hydrogen (secondary N) is 1. The van der Waals surface area contributed by atoms with Crippen LogP contribution < -0.4 is 14.2 Å². The Labute approximate surface area is 226 Å². The van der Waals surface area contributed by atoms with Gasteiger partial charge in [-0.2, -0.15) is 0 Å². The average Bonchev–Trinajstić information content (AvgIpc) is 2.79. The van der Waals surface area contributed by atoms with E-state index in [1.807, 2.05) is 26.0 Å². The Bertz CT molecular complexity index is 1120. The van der Waals surface area contributed by atoms with Gasteiger partial charge in [-0.25, -0.2) is 13.1 Å². The Balaban J connectivity index is 2.13. The van der Waals surface area contributed by atoms with E-state index in [0.29, 0.717) is 15.8 Å². The number of esters is 1. The quantitative estimate of drug-likeness (QED) is 0.270. The molecule has 8 nitrogen and oxygen atoms in total. The zero-order chi connectivity index (χ0) is 27.1. The van der Waals surface area contributed by atoms with E-state index in [0.717, 1.165) is 17.4 Å². The number of halogens is 3. The number of benzene rings is 2. The number of hydrogen-bond donors (Lipinski definition) is 2. The Morgan fingerprint density at radius 3 is 2.14 bits per heavy atom. The van der Waals surface area contributed by atoms with Crippen LogP contribution in [-0.4, -0.2) is 63.6 Å². The number of carbonyl (C=O) groups excluding carboxylic acids is 1. The van der Waals surface area contributed by atoms with Gasteiger partial charge < -0.3 is 19.3 Å². The second kappa shape index (κ2) is 13.2. The maximum absolute atomic E-state index is 11.3. The molecule has 2 atom stereocenters. The maximum atomic E-state index is 11.3. The van der Waals surface area contributed by atoms with Gasteiger partial charge in [0.05, 0.1) is 28.7 Å². The van der Waals surface area contributed by atoms with E-state index >= 15 is 0 Å². The molecule has 2 aromatic carbocycles. The summed E-state index contributed by atoms with van der Waals surface area (Å²) in [5, 5.41) is 10.2. The van der Waals surface area contributed by atoms with Crippen LogP contribution >= 0.6 is 34.8 Å². The van der Waals surface area contributed by atoms with Crippen LogP contribution in [0, 0.1) is 0 Å². The highest BCUT2D eigenvalue weighted by Crippen LogP contribution is 2.40. The van der Waals surface area contributed by atoms with Gasteiger partial charge in [-0.1, -0.05) is 49.2 Å². The average molecular weight is 583 g/mol. The van der Waals surface area contributed by atoms with Crippen molar-refractivity contribution >= 4 is 50.8 Å². The van der Waals surface area contributed by atoms with Crippen molar-refractivity contribution in [3.63, 3.8) is 0 Å². The van der Waals surface area contributed by atoms with Gasteiger partial charge >= 0.3 is 5.97 Å². The number of hydrogen-bond acceptors (Lipinski definition) is 7. The molecule has 0 bridgehead atoms. The molecule has 2 rings (SSSR count). The maximum Gasteiger partial charge on any atom is 0.303 e. The molecule has 36 heavy (non-hydrogen) atoms. The number of aliphatic hydroxyl groups is 1. The number of ether oxygens (including phenoxy) is 3. The SMILES string of the molecule is CC(=O)O[C@H](CNS(C)(=O)=O)COc1ccc(C(C)(C)c2cc(Cl)c(OC[C@H](O)CCl)c(Cl)c2)cc1. The van der Waals surface area contributed by atoms with Gasteiger partial charge in [0.1, 0.15) is 31.2 Å². The Morgan fingerprint density at radius 1 is 1.06 bits per heavy atom. The molecular formula is C24H30Cl3NO7S. The third-order valence-electron chi connectivity index (χ3n) is 5.24. The highest BCUT2D eigenvalue weighted by atomic mass is 35.5. The summed E-state index contributed by atoms with van der Waals surface area (Å²) in [6.45, 7) is 5.10. The largest absolute Gasteiger partial charge is 0.490 e. The normalized spacial score (nSPS) is 13.7. The van der Waals surface area contributed by atoms with Crippen LogP contribution in [-0.2, 0) is 25.0 Å². The van der Waals surface area contributed by atoms with Gasteiger partial charge in [0.2, 0.25) is 10.0 Å². The first-order chi connectivity index (χ1) is 16.7. The minimum Gasteiger partial charge on any atom is -0.490 e. The molecular weight excluding hydrogens is 553 g/mol. The molecule has 0 aliphatic heterocycles. The van der Waals surface area contributed by atoms with Crippen molar-refractivity contribution in [2.24, 2.45) is 0 Å². The zero-order valence-electron chi connectivity index (χ0n) is 20.4. The summed E-state index contributed by atoms with van der Waals surface area (Å²) in [7, 11) is -3.44. The molecule has 0 radical (unpaired) electrons. The van der Waals surface area contributed by atoms with Gasteiger partial charge in [-0.05, 0) is 35.4 Å². The van der Waals surface area contributed by atoms with Crippen LogP contribution in [0.1, 0.15) is 31.9 Å². The van der Waals surface area contributed by atoms with Crippen molar-refractivity contribution in [1.29, 1.82) is 0 Å². The molecule has 0 heterocycles. The topological polar surface area (TPSA) is 111 Å². The highest BCUT2D eigenvalue weighted by Gasteiger charge is 2.26. The lowest BCUT2D eigenvalue weighted by Crippen LogP contribution is -2.37. The summed E-state index contributed by atoms with van der Waals surface area (Å²) >= 11 is 18.4. The second-order valence-corrected chi connectivity index (χ2v) is 11.7. The molecule has 0 unspecified atom stereocenters. The molecule has 2 aromatic rings. The van der Waals surface area contributed by atoms with Gasteiger partial charge in [0.25, 0.3) is 0 Å². The predicted octanol–water partition coefficient (Wildman–Crippen LogP) is 4.16. The van der Waals surface area contributed by atoms with Gasteiger partial charge in [0.15, 0.2) is 5.75 Å². The molecule has 0 aromatic heterocycles. The minimum atomic E-state index is -3.44. The third kappa shape index (κ3) is 9.28. The van der Waals surface area contributed by atoms with Gasteiger partial charge in [-0.3, -0.25) is 4.79 Å². The van der Waals surface area contributed by atoms with E-state index in [9.17, 15) is 18.3 Å². The number of aliphatic hydroxyl groups excluding tert-OH is 1. The van der Waals surface area contributed by atoms with Crippen LogP contribution in [0.25, 0.3) is 0 Å². The van der Waals surface area contributed by atoms with E-state index in [1.165, 1.54) is 6.92 Å². The van der Waals surface area contributed by atoms with Crippen molar-refractivity contribution in [2.45, 2.75) is 38.4 Å². The number of rotatable bonds is 13. The molecule has 0 saturated heterocycles. The van der Waals surface area contributed by atoms with E-state index in [1.54, 1.807) is 24.3 Å². The van der Waals surface area contributed by atoms with E-state index < -0.39 is 33.6 Å². The summed E-state index contributed by atoms with van der Waals surface area (Å²) < 4.78 is 41.4. The number of alkyl halides is 1. The van der Waals surface area contributed by atoms with Crippen LogP contribution in [0.3, 0.4) is 0 Å². The monoisotopic (exact) mass is 581 g/mol. The number of sulfonamides is 1. The van der Waals surface area contributed by atoms with Crippen molar-refractivity contribution < 1.29 is 32.5 Å². The van der Waals surface area contributed by atoms with E-state index in [2.05, 4.69) is 4.72 Å². The lowest BCUT2D eigenvalue weighted by molar-refractivity contribution is -0.147. The van der Waals surface area contributed by atoms with Crippen LogP contribution in [0.4, 0.5) is 0 Å². The lowest BCUT2D eigenvalue weighted by Gasteiger charge is -2.27. The molecule has 0 fully saturated rings. The summed E-state index contributed by atoms with van der Waals surface area (Å²) in [6, 6.07) is 10.8. The fraction of sp³-hybridized carbons (Fsp3) is 0.458. The Kier molecular flexibility index (Phi) is 11.1. The molecule has 12 heteroatoms. The third-order valence-corrected chi connectivity index (χ3v) is 6.84. The summed E-state index contributed by atoms with van der Waals surface area (Å²) in [5.41, 5.74) is 1.31. The van der Waals surface area contributed by atoms with Crippen molar-refractivity contribution in [3.8, 4) is 11.5 Å². The van der Waals surface area contributed by atoms with Crippen molar-refractivity contribution in [3.05, 3.63) is 57.6 Å². The van der Waals surface area contributed by atoms with Gasteiger partial charge in [0, 0.05) is 12.3 Å². The molecule has 200 valence electrons. The molecule has 2 N–H and O–H groups in total. The lowest BCUT2D eigenvalue weighted by atomic mass is 9.78. The molecule has 0 spiro atoms. The molecule has 0 amide bonds. The molecule has 0 saturated carbocycles. The first-order valence-electron chi connectivity index (χ1n) is 10.9. The first-order valence-corrected chi connectivity index (χ1v) is 14.1. The molecule has 0 aliphatic carbocycles. The summed E-state index contributed by atoms with van der Waals surface area (Å²) in [4.78, 5) is 11.3. The minimum absolute atomic E-state index is 0.0298. The van der Waals surface area contributed by atoms with Crippen molar-refractivity contribution in [2.75, 3.05) is 31.9 Å². The highest BCUT2D eigenvalue weighted by molar-refractivity contribution is 7.88. The van der Waals surface area contributed by atoms with Crippen molar-refractivity contribution in [1.82, 2.24) is 4.72 Å². The van der Waals surface area contributed by atoms with Gasteiger partial charge in [-0.15, -0.1) is 11.6 Å². The summed E-state index contributed by atoms with van der Waals surface area (Å²) in [6.07, 6.45) is -0.605. The predicted molar refractivity (Wildman–Crippen MR) is 141 cm³/mol. The Hall–Kier alpha value is -1.75. The molecule has 0 aliphatic rings. The van der Waals surface area contributed by atoms with Crippen LogP contribution in [0.15, 0.2) is 36.4 Å². The fourth-order valence-corrected chi connectivity index (χ4v) is 4.39. The van der Waals surface area contributed by atoms with Crippen LogP contribution in [0.5, 0.6) is 11.5 Å².